The number of rotatable bonds is 2. The second kappa shape index (κ2) is 3.21. The van der Waals surface area contributed by atoms with Gasteiger partial charge in [-0.1, -0.05) is 18.2 Å². The molecule has 0 aromatic rings. The minimum absolute atomic E-state index is 0.171. The molecule has 64 valence electrons. The smallest absolute Gasteiger partial charge is 0.311 e. The van der Waals surface area contributed by atoms with Crippen molar-refractivity contribution >= 4 is 11.9 Å². The Bertz CT molecular complexity index is 278. The first-order valence-electron chi connectivity index (χ1n) is 3.52. The van der Waals surface area contributed by atoms with Gasteiger partial charge in [-0.3, -0.25) is 9.59 Å². The topological polar surface area (TPSA) is 80.4 Å². The van der Waals surface area contributed by atoms with Crippen LogP contribution in [0.4, 0.5) is 0 Å². The Labute approximate surface area is 69.4 Å². The standard InChI is InChI=1S/C8H9NO3/c9-7(10)5-3-1-2-4-6(5)8(11)12/h1-3,6H,4H2,(H2,9,10)(H,11,12). The molecule has 3 N–H and O–H groups in total. The molecule has 0 fully saturated rings. The lowest BCUT2D eigenvalue weighted by Gasteiger charge is -2.13. The first-order chi connectivity index (χ1) is 5.63. The van der Waals surface area contributed by atoms with Crippen molar-refractivity contribution in [3.05, 3.63) is 23.8 Å². The number of hydrogen-bond donors (Lipinski definition) is 2. The minimum atomic E-state index is -1.01. The van der Waals surface area contributed by atoms with E-state index in [0.29, 0.717) is 6.42 Å². The Hall–Kier alpha value is -1.58. The van der Waals surface area contributed by atoms with E-state index in [1.807, 2.05) is 0 Å². The van der Waals surface area contributed by atoms with Crippen LogP contribution in [0.25, 0.3) is 0 Å². The first-order valence-corrected chi connectivity index (χ1v) is 3.52. The van der Waals surface area contributed by atoms with Gasteiger partial charge in [0.2, 0.25) is 5.91 Å². The Balaban J connectivity index is 2.91. The summed E-state index contributed by atoms with van der Waals surface area (Å²) in [6.07, 6.45) is 5.12. The largest absolute Gasteiger partial charge is 0.481 e. The molecular weight excluding hydrogens is 158 g/mol. The highest BCUT2D eigenvalue weighted by atomic mass is 16.4. The van der Waals surface area contributed by atoms with Crippen molar-refractivity contribution in [2.24, 2.45) is 11.7 Å². The maximum atomic E-state index is 10.7. The summed E-state index contributed by atoms with van der Waals surface area (Å²) >= 11 is 0. The summed E-state index contributed by atoms with van der Waals surface area (Å²) in [6.45, 7) is 0. The third kappa shape index (κ3) is 1.53. The van der Waals surface area contributed by atoms with Gasteiger partial charge in [0.1, 0.15) is 0 Å². The minimum Gasteiger partial charge on any atom is -0.481 e. The van der Waals surface area contributed by atoms with Gasteiger partial charge in [0.05, 0.1) is 5.92 Å². The van der Waals surface area contributed by atoms with Gasteiger partial charge in [-0.25, -0.2) is 0 Å². The molecule has 0 aromatic heterocycles. The Morgan fingerprint density at radius 3 is 2.67 bits per heavy atom. The second-order valence-electron chi connectivity index (χ2n) is 2.54. The van der Waals surface area contributed by atoms with Crippen molar-refractivity contribution < 1.29 is 14.7 Å². The van der Waals surface area contributed by atoms with E-state index in [9.17, 15) is 9.59 Å². The number of aliphatic carboxylic acids is 1. The van der Waals surface area contributed by atoms with E-state index in [1.165, 1.54) is 6.08 Å². The van der Waals surface area contributed by atoms with Crippen molar-refractivity contribution in [2.45, 2.75) is 6.42 Å². The fourth-order valence-corrected chi connectivity index (χ4v) is 1.12. The third-order valence-electron chi connectivity index (χ3n) is 1.74. The molecule has 0 aromatic carbocycles. The lowest BCUT2D eigenvalue weighted by Crippen LogP contribution is -2.26. The van der Waals surface area contributed by atoms with E-state index in [-0.39, 0.29) is 5.57 Å². The number of carboxylic acids is 1. The van der Waals surface area contributed by atoms with Crippen LogP contribution in [0, 0.1) is 5.92 Å². The number of carboxylic acid groups (broad SMARTS) is 1. The SMILES string of the molecule is NC(=O)C1=CC=CCC1C(=O)O. The molecule has 1 unspecified atom stereocenters. The Morgan fingerprint density at radius 1 is 1.58 bits per heavy atom. The van der Waals surface area contributed by atoms with E-state index in [1.54, 1.807) is 12.2 Å². The maximum Gasteiger partial charge on any atom is 0.311 e. The zero-order valence-electron chi connectivity index (χ0n) is 6.36. The van der Waals surface area contributed by atoms with E-state index in [2.05, 4.69) is 0 Å². The number of hydrogen-bond acceptors (Lipinski definition) is 2. The Morgan fingerprint density at radius 2 is 2.25 bits per heavy atom. The number of nitrogens with two attached hydrogens (primary N) is 1. The zero-order valence-corrected chi connectivity index (χ0v) is 6.36. The average Bonchev–Trinajstić information content (AvgIpc) is 2.04. The number of carbonyl (C=O) groups is 2. The van der Waals surface area contributed by atoms with Crippen LogP contribution in [0.2, 0.25) is 0 Å². The van der Waals surface area contributed by atoms with Crippen LogP contribution < -0.4 is 5.73 Å². The molecular formula is C8H9NO3. The quantitative estimate of drug-likeness (QED) is 0.610. The van der Waals surface area contributed by atoms with Crippen LogP contribution in [0.3, 0.4) is 0 Å². The van der Waals surface area contributed by atoms with Gasteiger partial charge >= 0.3 is 5.97 Å². The van der Waals surface area contributed by atoms with Crippen LogP contribution in [-0.2, 0) is 9.59 Å². The van der Waals surface area contributed by atoms with Crippen LogP contribution in [0.15, 0.2) is 23.8 Å². The van der Waals surface area contributed by atoms with Gasteiger partial charge in [-0.2, -0.15) is 0 Å². The molecule has 1 rings (SSSR count). The molecule has 0 saturated heterocycles. The molecule has 0 aliphatic heterocycles. The number of allylic oxidation sites excluding steroid dienone is 3. The van der Waals surface area contributed by atoms with E-state index in [4.69, 9.17) is 10.8 Å². The predicted molar refractivity (Wildman–Crippen MR) is 42.2 cm³/mol. The average molecular weight is 167 g/mol. The van der Waals surface area contributed by atoms with Gasteiger partial charge in [0.15, 0.2) is 0 Å². The molecule has 1 aliphatic rings. The summed E-state index contributed by atoms with van der Waals surface area (Å²) < 4.78 is 0. The lowest BCUT2D eigenvalue weighted by molar-refractivity contribution is -0.141. The van der Waals surface area contributed by atoms with E-state index >= 15 is 0 Å². The molecule has 0 bridgehead atoms. The summed E-state index contributed by atoms with van der Waals surface area (Å²) in [5.41, 5.74) is 5.16. The van der Waals surface area contributed by atoms with Gasteiger partial charge in [-0.15, -0.1) is 0 Å². The fraction of sp³-hybridized carbons (Fsp3) is 0.250. The van der Waals surface area contributed by atoms with Crippen molar-refractivity contribution in [1.82, 2.24) is 0 Å². The Kier molecular flexibility index (Phi) is 2.28. The molecule has 0 saturated carbocycles. The molecule has 4 heteroatoms. The van der Waals surface area contributed by atoms with E-state index in [0.717, 1.165) is 0 Å². The fourth-order valence-electron chi connectivity index (χ4n) is 1.12. The summed E-state index contributed by atoms with van der Waals surface area (Å²) in [4.78, 5) is 21.3. The van der Waals surface area contributed by atoms with Crippen molar-refractivity contribution in [2.75, 3.05) is 0 Å². The van der Waals surface area contributed by atoms with Crippen molar-refractivity contribution in [3.8, 4) is 0 Å². The number of primary amides is 1. The monoisotopic (exact) mass is 167 g/mol. The molecule has 1 aliphatic carbocycles. The lowest BCUT2D eigenvalue weighted by atomic mass is 9.91. The highest BCUT2D eigenvalue weighted by molar-refractivity contribution is 5.98. The van der Waals surface area contributed by atoms with E-state index < -0.39 is 17.8 Å². The molecule has 1 atom stereocenters. The highest BCUT2D eigenvalue weighted by Crippen LogP contribution is 2.19. The maximum absolute atomic E-state index is 10.7. The molecule has 0 heterocycles. The molecule has 12 heavy (non-hydrogen) atoms. The molecule has 4 nitrogen and oxygen atoms in total. The zero-order chi connectivity index (χ0) is 9.14. The normalized spacial score (nSPS) is 21.7. The summed E-state index contributed by atoms with van der Waals surface area (Å²) in [6, 6.07) is 0. The van der Waals surface area contributed by atoms with Crippen LogP contribution in [0.5, 0.6) is 0 Å². The summed E-state index contributed by atoms with van der Waals surface area (Å²) in [7, 11) is 0. The van der Waals surface area contributed by atoms with Crippen LogP contribution in [0.1, 0.15) is 6.42 Å². The second-order valence-corrected chi connectivity index (χ2v) is 2.54. The van der Waals surface area contributed by atoms with Gasteiger partial charge in [0.25, 0.3) is 0 Å². The van der Waals surface area contributed by atoms with Crippen LogP contribution in [-0.4, -0.2) is 17.0 Å². The summed E-state index contributed by atoms with van der Waals surface area (Å²) in [5, 5.41) is 8.68. The van der Waals surface area contributed by atoms with Crippen molar-refractivity contribution in [3.63, 3.8) is 0 Å². The van der Waals surface area contributed by atoms with Gasteiger partial charge in [0, 0.05) is 5.57 Å². The highest BCUT2D eigenvalue weighted by Gasteiger charge is 2.25. The summed E-state index contributed by atoms with van der Waals surface area (Å²) in [5.74, 6) is -2.44. The molecule has 0 spiro atoms. The van der Waals surface area contributed by atoms with Gasteiger partial charge < -0.3 is 10.8 Å². The third-order valence-corrected chi connectivity index (χ3v) is 1.74. The first kappa shape index (κ1) is 8.52. The number of carbonyl (C=O) groups excluding carboxylic acids is 1. The predicted octanol–water partition coefficient (Wildman–Crippen LogP) is 0.0588. The van der Waals surface area contributed by atoms with Crippen molar-refractivity contribution in [1.29, 1.82) is 0 Å². The molecule has 1 amide bonds. The number of amides is 1. The molecule has 0 radical (unpaired) electrons. The van der Waals surface area contributed by atoms with Gasteiger partial charge in [-0.05, 0) is 6.42 Å². The van der Waals surface area contributed by atoms with Crippen LogP contribution >= 0.6 is 0 Å².